The summed E-state index contributed by atoms with van der Waals surface area (Å²) < 4.78 is 0. The molecule has 2 rings (SSSR count). The normalized spacial score (nSPS) is 17.1. The minimum absolute atomic E-state index is 0.0588. The molecular formula is C18H30N4O2. The lowest BCUT2D eigenvalue weighted by molar-refractivity contribution is -0.122. The van der Waals surface area contributed by atoms with Crippen LogP contribution in [0.15, 0.2) is 24.4 Å². The predicted molar refractivity (Wildman–Crippen MR) is 96.0 cm³/mol. The molecule has 0 bridgehead atoms. The molecule has 2 N–H and O–H groups in total. The van der Waals surface area contributed by atoms with Crippen LogP contribution in [0.1, 0.15) is 26.7 Å². The van der Waals surface area contributed by atoms with E-state index in [1.165, 1.54) is 0 Å². The zero-order valence-electron chi connectivity index (χ0n) is 14.8. The fourth-order valence-electron chi connectivity index (χ4n) is 2.99. The second-order valence-electron chi connectivity index (χ2n) is 6.70. The lowest BCUT2D eigenvalue weighted by Gasteiger charge is -2.35. The third kappa shape index (κ3) is 5.76. The van der Waals surface area contributed by atoms with E-state index in [2.05, 4.69) is 33.9 Å². The summed E-state index contributed by atoms with van der Waals surface area (Å²) in [7, 11) is 0. The van der Waals surface area contributed by atoms with E-state index < -0.39 is 0 Å². The number of hydrogen-bond acceptors (Lipinski definition) is 5. The van der Waals surface area contributed by atoms with Gasteiger partial charge in [0.1, 0.15) is 5.82 Å². The number of carbonyl (C=O) groups excluding carboxylic acids is 1. The summed E-state index contributed by atoms with van der Waals surface area (Å²) in [6.45, 7) is 8.82. The first kappa shape index (κ1) is 18.7. The number of pyridine rings is 1. The van der Waals surface area contributed by atoms with Crippen molar-refractivity contribution in [2.24, 2.45) is 5.92 Å². The van der Waals surface area contributed by atoms with Crippen LogP contribution in [0.25, 0.3) is 0 Å². The van der Waals surface area contributed by atoms with Crippen LogP contribution in [-0.2, 0) is 4.79 Å². The Morgan fingerprint density at radius 1 is 1.29 bits per heavy atom. The van der Waals surface area contributed by atoms with Crippen molar-refractivity contribution in [1.29, 1.82) is 0 Å². The minimum Gasteiger partial charge on any atom is -0.396 e. The number of rotatable bonds is 8. The molecule has 1 amide bonds. The van der Waals surface area contributed by atoms with E-state index >= 15 is 0 Å². The molecule has 0 radical (unpaired) electrons. The van der Waals surface area contributed by atoms with Gasteiger partial charge in [0.25, 0.3) is 0 Å². The monoisotopic (exact) mass is 334 g/mol. The van der Waals surface area contributed by atoms with Gasteiger partial charge in [-0.25, -0.2) is 4.98 Å². The largest absolute Gasteiger partial charge is 0.396 e. The highest BCUT2D eigenvalue weighted by Gasteiger charge is 2.20. The van der Waals surface area contributed by atoms with E-state index in [0.29, 0.717) is 18.8 Å². The Labute approximate surface area is 144 Å². The first-order valence-electron chi connectivity index (χ1n) is 8.88. The van der Waals surface area contributed by atoms with Crippen molar-refractivity contribution in [3.63, 3.8) is 0 Å². The number of aliphatic hydroxyl groups excluding tert-OH is 1. The molecule has 6 heteroatoms. The fourth-order valence-corrected chi connectivity index (χ4v) is 2.99. The Morgan fingerprint density at radius 2 is 2.04 bits per heavy atom. The van der Waals surface area contributed by atoms with Gasteiger partial charge in [-0.1, -0.05) is 19.9 Å². The number of nitrogens with one attached hydrogen (secondary N) is 1. The van der Waals surface area contributed by atoms with E-state index in [-0.39, 0.29) is 18.6 Å². The molecule has 6 nitrogen and oxygen atoms in total. The van der Waals surface area contributed by atoms with Gasteiger partial charge in [0.05, 0.1) is 0 Å². The summed E-state index contributed by atoms with van der Waals surface area (Å²) in [4.78, 5) is 21.1. The van der Waals surface area contributed by atoms with Crippen molar-refractivity contribution in [3.8, 4) is 0 Å². The highest BCUT2D eigenvalue weighted by Crippen LogP contribution is 2.12. The highest BCUT2D eigenvalue weighted by molar-refractivity contribution is 5.76. The molecule has 1 aliphatic heterocycles. The van der Waals surface area contributed by atoms with Gasteiger partial charge in [-0.2, -0.15) is 0 Å². The van der Waals surface area contributed by atoms with Crippen molar-refractivity contribution in [3.05, 3.63) is 24.4 Å². The molecule has 0 saturated carbocycles. The number of hydrogen-bond donors (Lipinski definition) is 2. The Balaban J connectivity index is 1.69. The van der Waals surface area contributed by atoms with Gasteiger partial charge < -0.3 is 15.3 Å². The summed E-state index contributed by atoms with van der Waals surface area (Å²) in [6.07, 6.45) is 2.95. The smallest absolute Gasteiger partial charge is 0.221 e. The molecule has 24 heavy (non-hydrogen) atoms. The molecule has 0 aliphatic carbocycles. The number of piperazine rings is 1. The van der Waals surface area contributed by atoms with Crippen molar-refractivity contribution < 1.29 is 9.90 Å². The van der Waals surface area contributed by atoms with Crippen LogP contribution in [0.4, 0.5) is 5.82 Å². The molecule has 2 heterocycles. The summed E-state index contributed by atoms with van der Waals surface area (Å²) >= 11 is 0. The zero-order chi connectivity index (χ0) is 17.4. The summed E-state index contributed by atoms with van der Waals surface area (Å²) in [6, 6.07) is 6.04. The number of aliphatic hydroxyl groups is 1. The maximum Gasteiger partial charge on any atom is 0.221 e. The van der Waals surface area contributed by atoms with Gasteiger partial charge >= 0.3 is 0 Å². The standard InChI is InChI=1S/C18H30N4O2/c1-15(2)16(7-14-23)20-18(24)6-9-21-10-12-22(13-11-21)17-5-3-4-8-19-17/h3-5,8,15-16,23H,6-7,9-14H2,1-2H3,(H,20,24). The molecule has 0 aromatic carbocycles. The van der Waals surface area contributed by atoms with Crippen molar-refractivity contribution in [2.45, 2.75) is 32.7 Å². The molecule has 1 aliphatic rings. The van der Waals surface area contributed by atoms with Gasteiger partial charge in [0.15, 0.2) is 0 Å². The van der Waals surface area contributed by atoms with Crippen molar-refractivity contribution in [2.75, 3.05) is 44.2 Å². The van der Waals surface area contributed by atoms with Gasteiger partial charge in [-0.15, -0.1) is 0 Å². The van der Waals surface area contributed by atoms with Gasteiger partial charge in [-0.05, 0) is 24.5 Å². The maximum atomic E-state index is 12.1. The number of carbonyl (C=O) groups is 1. The first-order chi connectivity index (χ1) is 11.6. The van der Waals surface area contributed by atoms with Gasteiger partial charge in [0.2, 0.25) is 5.91 Å². The molecule has 1 fully saturated rings. The summed E-state index contributed by atoms with van der Waals surface area (Å²) in [5.41, 5.74) is 0. The van der Waals surface area contributed by atoms with E-state index in [9.17, 15) is 4.79 Å². The lowest BCUT2D eigenvalue weighted by atomic mass is 10.0. The van der Waals surface area contributed by atoms with Crippen LogP contribution in [0.3, 0.4) is 0 Å². The molecule has 1 atom stereocenters. The van der Waals surface area contributed by atoms with Crippen LogP contribution in [0.2, 0.25) is 0 Å². The fraction of sp³-hybridized carbons (Fsp3) is 0.667. The highest BCUT2D eigenvalue weighted by atomic mass is 16.3. The topological polar surface area (TPSA) is 68.7 Å². The Bertz CT molecular complexity index is 487. The van der Waals surface area contributed by atoms with E-state index in [0.717, 1.165) is 38.5 Å². The van der Waals surface area contributed by atoms with Crippen LogP contribution >= 0.6 is 0 Å². The average molecular weight is 334 g/mol. The molecule has 1 aromatic heterocycles. The van der Waals surface area contributed by atoms with Gasteiger partial charge in [-0.3, -0.25) is 9.69 Å². The van der Waals surface area contributed by atoms with Gasteiger partial charge in [0, 0.05) is 58.0 Å². The van der Waals surface area contributed by atoms with Crippen LogP contribution < -0.4 is 10.2 Å². The van der Waals surface area contributed by atoms with E-state index in [1.54, 1.807) is 0 Å². The Kier molecular flexibility index (Phi) is 7.46. The quantitative estimate of drug-likeness (QED) is 0.745. The third-order valence-corrected chi connectivity index (χ3v) is 4.59. The second kappa shape index (κ2) is 9.59. The SMILES string of the molecule is CC(C)C(CCO)NC(=O)CCN1CCN(c2ccccn2)CC1. The minimum atomic E-state index is 0.0588. The zero-order valence-corrected chi connectivity index (χ0v) is 14.8. The molecule has 1 saturated heterocycles. The predicted octanol–water partition coefficient (Wildman–Crippen LogP) is 1.12. The molecule has 134 valence electrons. The summed E-state index contributed by atoms with van der Waals surface area (Å²) in [5.74, 6) is 1.44. The van der Waals surface area contributed by atoms with Crippen LogP contribution in [-0.4, -0.2) is 66.3 Å². The number of amides is 1. The molecule has 1 aromatic rings. The number of anilines is 1. The van der Waals surface area contributed by atoms with E-state index in [4.69, 9.17) is 5.11 Å². The molecule has 0 spiro atoms. The third-order valence-electron chi connectivity index (χ3n) is 4.59. The Hall–Kier alpha value is -1.66. The van der Waals surface area contributed by atoms with Crippen LogP contribution in [0, 0.1) is 5.92 Å². The number of aromatic nitrogens is 1. The van der Waals surface area contributed by atoms with Crippen LogP contribution in [0.5, 0.6) is 0 Å². The number of nitrogens with zero attached hydrogens (tertiary/aromatic N) is 3. The Morgan fingerprint density at radius 3 is 2.62 bits per heavy atom. The lowest BCUT2D eigenvalue weighted by Crippen LogP contribution is -2.48. The van der Waals surface area contributed by atoms with Crippen molar-refractivity contribution in [1.82, 2.24) is 15.2 Å². The first-order valence-corrected chi connectivity index (χ1v) is 8.88. The van der Waals surface area contributed by atoms with Crippen molar-refractivity contribution >= 4 is 11.7 Å². The van der Waals surface area contributed by atoms with E-state index in [1.807, 2.05) is 24.4 Å². The second-order valence-corrected chi connectivity index (χ2v) is 6.70. The molecule has 1 unspecified atom stereocenters. The summed E-state index contributed by atoms with van der Waals surface area (Å²) in [5, 5.41) is 12.1. The maximum absolute atomic E-state index is 12.1. The average Bonchev–Trinajstić information content (AvgIpc) is 2.61. The molecular weight excluding hydrogens is 304 g/mol.